The van der Waals surface area contributed by atoms with Crippen molar-refractivity contribution in [1.82, 2.24) is 10.2 Å². The molecule has 1 heterocycles. The molecule has 1 aliphatic rings. The summed E-state index contributed by atoms with van der Waals surface area (Å²) >= 11 is 0. The maximum atomic E-state index is 12.3. The van der Waals surface area contributed by atoms with Gasteiger partial charge in [-0.2, -0.15) is 13.2 Å². The quantitative estimate of drug-likeness (QED) is 0.832. The number of nitrogens with zero attached hydrogens (tertiary/aromatic N) is 1. The highest BCUT2D eigenvalue weighted by Crippen LogP contribution is 2.18. The molecule has 0 aromatic carbocycles. The third-order valence-corrected chi connectivity index (χ3v) is 2.92. The van der Waals surface area contributed by atoms with Crippen LogP contribution in [-0.2, 0) is 4.79 Å². The normalized spacial score (nSPS) is 22.0. The van der Waals surface area contributed by atoms with E-state index >= 15 is 0 Å². The molecule has 1 saturated heterocycles. The molecule has 1 atom stereocenters. The van der Waals surface area contributed by atoms with Crippen LogP contribution in [0, 0.1) is 0 Å². The first-order valence-electron chi connectivity index (χ1n) is 6.03. The fraction of sp³-hybridized carbons (Fsp3) is 0.909. The predicted molar refractivity (Wildman–Crippen MR) is 58.6 cm³/mol. The Morgan fingerprint density at radius 1 is 1.35 bits per heavy atom. The number of halogens is 3. The zero-order valence-corrected chi connectivity index (χ0v) is 10.0. The second-order valence-electron chi connectivity index (χ2n) is 4.32. The van der Waals surface area contributed by atoms with Gasteiger partial charge >= 0.3 is 6.18 Å². The van der Waals surface area contributed by atoms with Gasteiger partial charge in [0, 0.05) is 6.54 Å². The molecule has 0 aromatic rings. The molecule has 1 rings (SSSR count). The number of rotatable bonds is 3. The number of hydrogen-bond acceptors (Lipinski definition) is 2. The molecule has 0 bridgehead atoms. The standard InChI is InChI=1S/C11H19F3N2O/c1-2-16(8-11(12,13)14)10(17)9-6-4-3-5-7-15-9/h9,15H,2-8H2,1H3. The fourth-order valence-electron chi connectivity index (χ4n) is 2.02. The van der Waals surface area contributed by atoms with Gasteiger partial charge < -0.3 is 10.2 Å². The summed E-state index contributed by atoms with van der Waals surface area (Å²) in [6.07, 6.45) is -0.784. The molecule has 3 nitrogen and oxygen atoms in total. The lowest BCUT2D eigenvalue weighted by Crippen LogP contribution is -2.49. The molecule has 6 heteroatoms. The lowest BCUT2D eigenvalue weighted by Gasteiger charge is -2.26. The number of nitrogens with one attached hydrogen (secondary N) is 1. The smallest absolute Gasteiger partial charge is 0.333 e. The molecular formula is C11H19F3N2O. The van der Waals surface area contributed by atoms with Crippen LogP contribution in [0.1, 0.15) is 32.6 Å². The van der Waals surface area contributed by atoms with Crippen LogP contribution in [0.15, 0.2) is 0 Å². The van der Waals surface area contributed by atoms with E-state index in [2.05, 4.69) is 5.32 Å². The van der Waals surface area contributed by atoms with Crippen molar-refractivity contribution in [2.75, 3.05) is 19.6 Å². The monoisotopic (exact) mass is 252 g/mol. The third-order valence-electron chi connectivity index (χ3n) is 2.92. The number of hydrogen-bond donors (Lipinski definition) is 1. The third kappa shape index (κ3) is 4.93. The van der Waals surface area contributed by atoms with Crippen molar-refractivity contribution in [2.45, 2.75) is 44.8 Å². The molecule has 1 unspecified atom stereocenters. The average molecular weight is 252 g/mol. The van der Waals surface area contributed by atoms with E-state index in [0.717, 1.165) is 24.2 Å². The minimum absolute atomic E-state index is 0.0938. The second kappa shape index (κ2) is 6.23. The first-order chi connectivity index (χ1) is 7.94. The van der Waals surface area contributed by atoms with Crippen LogP contribution in [0.3, 0.4) is 0 Å². The highest BCUT2D eigenvalue weighted by molar-refractivity contribution is 5.82. The van der Waals surface area contributed by atoms with E-state index < -0.39 is 24.7 Å². The maximum absolute atomic E-state index is 12.3. The highest BCUT2D eigenvalue weighted by atomic mass is 19.4. The van der Waals surface area contributed by atoms with E-state index in [1.54, 1.807) is 6.92 Å². The van der Waals surface area contributed by atoms with Crippen molar-refractivity contribution in [1.29, 1.82) is 0 Å². The zero-order chi connectivity index (χ0) is 12.9. The Bertz CT molecular complexity index is 248. The summed E-state index contributed by atoms with van der Waals surface area (Å²) in [5.41, 5.74) is 0. The highest BCUT2D eigenvalue weighted by Gasteiger charge is 2.34. The van der Waals surface area contributed by atoms with Crippen LogP contribution in [0.25, 0.3) is 0 Å². The van der Waals surface area contributed by atoms with Gasteiger partial charge in [-0.1, -0.05) is 12.8 Å². The van der Waals surface area contributed by atoms with Gasteiger partial charge in [0.15, 0.2) is 0 Å². The van der Waals surface area contributed by atoms with Crippen LogP contribution in [0.2, 0.25) is 0 Å². The summed E-state index contributed by atoms with van der Waals surface area (Å²) in [6, 6.07) is -0.445. The van der Waals surface area contributed by atoms with Gasteiger partial charge in [0.25, 0.3) is 0 Å². The van der Waals surface area contributed by atoms with Crippen LogP contribution in [-0.4, -0.2) is 42.7 Å². The van der Waals surface area contributed by atoms with Crippen LogP contribution in [0.5, 0.6) is 0 Å². The summed E-state index contributed by atoms with van der Waals surface area (Å²) in [5.74, 6) is -0.424. The van der Waals surface area contributed by atoms with Gasteiger partial charge in [-0.05, 0) is 26.3 Å². The Hall–Kier alpha value is -0.780. The number of carbonyl (C=O) groups excluding carboxylic acids is 1. The number of carbonyl (C=O) groups is 1. The van der Waals surface area contributed by atoms with Crippen LogP contribution >= 0.6 is 0 Å². The SMILES string of the molecule is CCN(CC(F)(F)F)C(=O)C1CCCCCN1. The summed E-state index contributed by atoms with van der Waals surface area (Å²) in [5, 5.41) is 3.02. The molecule has 17 heavy (non-hydrogen) atoms. The van der Waals surface area contributed by atoms with Crippen LogP contribution in [0.4, 0.5) is 13.2 Å². The maximum Gasteiger partial charge on any atom is 0.406 e. The van der Waals surface area contributed by atoms with Crippen molar-refractivity contribution in [3.63, 3.8) is 0 Å². The molecule has 0 spiro atoms. The average Bonchev–Trinajstić information content (AvgIpc) is 2.52. The lowest BCUT2D eigenvalue weighted by atomic mass is 10.1. The lowest BCUT2D eigenvalue weighted by molar-refractivity contribution is -0.162. The molecule has 0 aliphatic carbocycles. The molecule has 0 radical (unpaired) electrons. The Balaban J connectivity index is 2.57. The van der Waals surface area contributed by atoms with Crippen molar-refractivity contribution in [3.05, 3.63) is 0 Å². The number of likely N-dealkylation sites (N-methyl/N-ethyl adjacent to an activating group) is 1. The van der Waals surface area contributed by atoms with Gasteiger partial charge in [0.05, 0.1) is 6.04 Å². The Kier molecular flexibility index (Phi) is 5.24. The fourth-order valence-corrected chi connectivity index (χ4v) is 2.02. The van der Waals surface area contributed by atoms with Gasteiger partial charge in [-0.25, -0.2) is 0 Å². The molecule has 1 N–H and O–H groups in total. The molecule has 1 amide bonds. The van der Waals surface area contributed by atoms with Crippen molar-refractivity contribution >= 4 is 5.91 Å². The second-order valence-corrected chi connectivity index (χ2v) is 4.32. The zero-order valence-electron chi connectivity index (χ0n) is 10.0. The number of alkyl halides is 3. The summed E-state index contributed by atoms with van der Waals surface area (Å²) in [6.45, 7) is 1.22. The van der Waals surface area contributed by atoms with Crippen LogP contribution < -0.4 is 5.32 Å². The van der Waals surface area contributed by atoms with E-state index in [-0.39, 0.29) is 6.54 Å². The molecule has 0 aromatic heterocycles. The molecule has 0 saturated carbocycles. The first kappa shape index (κ1) is 14.3. The summed E-state index contributed by atoms with van der Waals surface area (Å²) in [7, 11) is 0. The molecular weight excluding hydrogens is 233 g/mol. The van der Waals surface area contributed by atoms with Gasteiger partial charge in [-0.15, -0.1) is 0 Å². The van der Waals surface area contributed by atoms with E-state index in [1.807, 2.05) is 0 Å². The number of amides is 1. The summed E-state index contributed by atoms with van der Waals surface area (Å²) < 4.78 is 36.9. The Morgan fingerprint density at radius 3 is 2.65 bits per heavy atom. The van der Waals surface area contributed by atoms with Gasteiger partial charge in [0.1, 0.15) is 6.54 Å². The molecule has 1 fully saturated rings. The van der Waals surface area contributed by atoms with Crippen molar-refractivity contribution in [2.24, 2.45) is 0 Å². The van der Waals surface area contributed by atoms with Crippen molar-refractivity contribution in [3.8, 4) is 0 Å². The Labute approximate surface area is 99.4 Å². The molecule has 1 aliphatic heterocycles. The molecule has 100 valence electrons. The van der Waals surface area contributed by atoms with E-state index in [9.17, 15) is 18.0 Å². The minimum Gasteiger partial charge on any atom is -0.333 e. The first-order valence-corrected chi connectivity index (χ1v) is 6.03. The van der Waals surface area contributed by atoms with Gasteiger partial charge in [0.2, 0.25) is 5.91 Å². The van der Waals surface area contributed by atoms with E-state index in [0.29, 0.717) is 13.0 Å². The Morgan fingerprint density at radius 2 is 2.06 bits per heavy atom. The largest absolute Gasteiger partial charge is 0.406 e. The topological polar surface area (TPSA) is 32.3 Å². The summed E-state index contributed by atoms with van der Waals surface area (Å²) in [4.78, 5) is 12.8. The van der Waals surface area contributed by atoms with Crippen molar-refractivity contribution < 1.29 is 18.0 Å². The minimum atomic E-state index is -4.32. The van der Waals surface area contributed by atoms with E-state index in [1.165, 1.54) is 0 Å². The predicted octanol–water partition coefficient (Wildman–Crippen LogP) is 1.93. The van der Waals surface area contributed by atoms with Gasteiger partial charge in [-0.3, -0.25) is 4.79 Å². The van der Waals surface area contributed by atoms with E-state index in [4.69, 9.17) is 0 Å².